The van der Waals surface area contributed by atoms with Gasteiger partial charge < -0.3 is 9.55 Å². The molecule has 0 aliphatic rings. The molecule has 1 N–H and O–H groups in total. The number of nitrogens with zero attached hydrogens (tertiary/aromatic N) is 1. The summed E-state index contributed by atoms with van der Waals surface area (Å²) in [6.07, 6.45) is 0. The molecule has 0 aliphatic heterocycles. The van der Waals surface area contributed by atoms with Crippen molar-refractivity contribution in [3.63, 3.8) is 0 Å². The van der Waals surface area contributed by atoms with Crippen LogP contribution < -0.4 is 0 Å². The molecule has 1 aromatic carbocycles. The second-order valence-electron chi connectivity index (χ2n) is 4.19. The number of nitrogens with one attached hydrogen (secondary N) is 1. The van der Waals surface area contributed by atoms with Crippen molar-refractivity contribution in [2.24, 2.45) is 0 Å². The number of halogens is 1. The number of rotatable bonds is 2. The minimum Gasteiger partial charge on any atom is -0.331 e. The van der Waals surface area contributed by atoms with Crippen LogP contribution in [0.15, 0.2) is 35.0 Å². The molecule has 0 radical (unpaired) electrons. The van der Waals surface area contributed by atoms with Gasteiger partial charge in [0.2, 0.25) is 0 Å². The number of benzene rings is 1. The quantitative estimate of drug-likeness (QED) is 0.658. The smallest absolute Gasteiger partial charge is 0.178 e. The Morgan fingerprint density at radius 3 is 2.94 bits per heavy atom. The van der Waals surface area contributed by atoms with Crippen molar-refractivity contribution < 1.29 is 0 Å². The molecule has 0 bridgehead atoms. The van der Waals surface area contributed by atoms with Crippen molar-refractivity contribution in [1.29, 1.82) is 0 Å². The third-order valence-electron chi connectivity index (χ3n) is 3.09. The molecule has 0 saturated carbocycles. The van der Waals surface area contributed by atoms with E-state index in [0.29, 0.717) is 5.02 Å². The van der Waals surface area contributed by atoms with Crippen molar-refractivity contribution in [1.82, 2.24) is 9.55 Å². The zero-order valence-corrected chi connectivity index (χ0v) is 12.1. The van der Waals surface area contributed by atoms with E-state index in [4.69, 9.17) is 23.8 Å². The summed E-state index contributed by atoms with van der Waals surface area (Å²) < 4.78 is 2.86. The zero-order valence-electron chi connectivity index (χ0n) is 9.68. The second-order valence-corrected chi connectivity index (χ2v) is 5.80. The highest BCUT2D eigenvalue weighted by Gasteiger charge is 2.13. The highest BCUT2D eigenvalue weighted by atomic mass is 35.5. The number of imidazole rings is 1. The molecule has 0 aliphatic carbocycles. The van der Waals surface area contributed by atoms with Crippen LogP contribution in [0.4, 0.5) is 0 Å². The minimum absolute atomic E-state index is 0.221. The molecule has 0 fully saturated rings. The number of aromatic nitrogens is 2. The van der Waals surface area contributed by atoms with Gasteiger partial charge in [-0.3, -0.25) is 0 Å². The second kappa shape index (κ2) is 4.53. The monoisotopic (exact) mass is 294 g/mol. The molecule has 0 spiro atoms. The van der Waals surface area contributed by atoms with Crippen LogP contribution in [0.5, 0.6) is 0 Å². The van der Waals surface area contributed by atoms with Gasteiger partial charge in [0.1, 0.15) is 0 Å². The largest absolute Gasteiger partial charge is 0.331 e. The Labute approximate surface area is 119 Å². The van der Waals surface area contributed by atoms with E-state index in [1.165, 1.54) is 5.56 Å². The van der Waals surface area contributed by atoms with Crippen molar-refractivity contribution in [3.05, 3.63) is 50.4 Å². The van der Waals surface area contributed by atoms with Crippen molar-refractivity contribution in [2.45, 2.75) is 13.0 Å². The number of fused-ring (bicyclic) bond motifs is 1. The van der Waals surface area contributed by atoms with E-state index in [-0.39, 0.29) is 6.04 Å². The van der Waals surface area contributed by atoms with E-state index < -0.39 is 0 Å². The SMILES string of the molecule is CC(c1ccsc1)n1c(=S)[nH]c2cc(Cl)ccc21. The predicted octanol–water partition coefficient (Wildman–Crippen LogP) is 5.02. The normalized spacial score (nSPS) is 13.0. The fourth-order valence-electron chi connectivity index (χ4n) is 2.15. The van der Waals surface area contributed by atoms with Crippen LogP contribution in [0.1, 0.15) is 18.5 Å². The standard InChI is InChI=1S/C13H11ClN2S2/c1-8(9-4-5-18-7-9)16-12-3-2-10(14)6-11(12)15-13(16)17/h2-8H,1H3,(H,15,17). The summed E-state index contributed by atoms with van der Waals surface area (Å²) in [6, 6.07) is 8.16. The molecular weight excluding hydrogens is 284 g/mol. The van der Waals surface area contributed by atoms with Gasteiger partial charge in [0.25, 0.3) is 0 Å². The average Bonchev–Trinajstić information content (AvgIpc) is 2.94. The molecule has 0 saturated heterocycles. The third-order valence-corrected chi connectivity index (χ3v) is 4.33. The predicted molar refractivity (Wildman–Crippen MR) is 80.3 cm³/mol. The minimum atomic E-state index is 0.221. The maximum absolute atomic E-state index is 6.00. The van der Waals surface area contributed by atoms with Crippen molar-refractivity contribution in [2.75, 3.05) is 0 Å². The van der Waals surface area contributed by atoms with Crippen LogP contribution in [0, 0.1) is 4.77 Å². The van der Waals surface area contributed by atoms with Gasteiger partial charge in [0, 0.05) is 5.02 Å². The maximum atomic E-state index is 6.00. The van der Waals surface area contributed by atoms with Crippen LogP contribution >= 0.6 is 35.2 Å². The van der Waals surface area contributed by atoms with Gasteiger partial charge >= 0.3 is 0 Å². The van der Waals surface area contributed by atoms with Crippen molar-refractivity contribution >= 4 is 46.2 Å². The lowest BCUT2D eigenvalue weighted by atomic mass is 10.2. The summed E-state index contributed by atoms with van der Waals surface area (Å²) in [6.45, 7) is 2.15. The summed E-state index contributed by atoms with van der Waals surface area (Å²) in [5, 5.41) is 4.96. The Balaban J connectivity index is 2.23. The topological polar surface area (TPSA) is 20.7 Å². The van der Waals surface area contributed by atoms with Gasteiger partial charge in [-0.15, -0.1) is 0 Å². The molecule has 2 aromatic heterocycles. The van der Waals surface area contributed by atoms with Gasteiger partial charge in [-0.1, -0.05) is 11.6 Å². The Morgan fingerprint density at radius 1 is 1.39 bits per heavy atom. The first-order valence-corrected chi connectivity index (χ1v) is 7.31. The molecule has 1 unspecified atom stereocenters. The molecule has 92 valence electrons. The number of thiophene rings is 1. The highest BCUT2D eigenvalue weighted by molar-refractivity contribution is 7.71. The number of hydrogen-bond acceptors (Lipinski definition) is 2. The average molecular weight is 295 g/mol. The zero-order chi connectivity index (χ0) is 12.7. The van der Waals surface area contributed by atoms with Crippen molar-refractivity contribution in [3.8, 4) is 0 Å². The molecule has 2 heterocycles. The molecular formula is C13H11ClN2S2. The van der Waals surface area contributed by atoms with Gasteiger partial charge in [-0.05, 0) is 59.7 Å². The summed E-state index contributed by atoms with van der Waals surface area (Å²) in [4.78, 5) is 3.21. The fraction of sp³-hybridized carbons (Fsp3) is 0.154. The Kier molecular flexibility index (Phi) is 3.01. The first-order valence-electron chi connectivity index (χ1n) is 5.58. The van der Waals surface area contributed by atoms with Gasteiger partial charge in [0.05, 0.1) is 17.1 Å². The summed E-state index contributed by atoms with van der Waals surface area (Å²) >= 11 is 13.1. The van der Waals surface area contributed by atoms with E-state index in [2.05, 4.69) is 33.3 Å². The van der Waals surface area contributed by atoms with E-state index in [1.54, 1.807) is 11.3 Å². The molecule has 0 amide bonds. The summed E-state index contributed by atoms with van der Waals surface area (Å²) in [5.74, 6) is 0. The molecule has 2 nitrogen and oxygen atoms in total. The number of hydrogen-bond donors (Lipinski definition) is 1. The third kappa shape index (κ3) is 1.90. The van der Waals surface area contributed by atoms with Gasteiger partial charge in [-0.25, -0.2) is 0 Å². The maximum Gasteiger partial charge on any atom is 0.178 e. The summed E-state index contributed by atoms with van der Waals surface area (Å²) in [5.41, 5.74) is 3.34. The fourth-order valence-corrected chi connectivity index (χ4v) is 3.44. The Morgan fingerprint density at radius 2 is 2.22 bits per heavy atom. The molecule has 1 atom stereocenters. The highest BCUT2D eigenvalue weighted by Crippen LogP contribution is 2.27. The van der Waals surface area contributed by atoms with E-state index >= 15 is 0 Å². The number of H-pyrrole nitrogens is 1. The molecule has 5 heteroatoms. The van der Waals surface area contributed by atoms with Gasteiger partial charge in [-0.2, -0.15) is 11.3 Å². The van der Waals surface area contributed by atoms with Crippen LogP contribution in [0.3, 0.4) is 0 Å². The first kappa shape index (κ1) is 12.0. The van der Waals surface area contributed by atoms with E-state index in [0.717, 1.165) is 15.8 Å². The molecule has 18 heavy (non-hydrogen) atoms. The van der Waals surface area contributed by atoms with Crippen LogP contribution in [0.25, 0.3) is 11.0 Å². The summed E-state index contributed by atoms with van der Waals surface area (Å²) in [7, 11) is 0. The van der Waals surface area contributed by atoms with Gasteiger partial charge in [0.15, 0.2) is 4.77 Å². The Bertz CT molecular complexity index is 740. The van der Waals surface area contributed by atoms with Crippen LogP contribution in [-0.2, 0) is 0 Å². The van der Waals surface area contributed by atoms with Crippen LogP contribution in [0.2, 0.25) is 5.02 Å². The lowest BCUT2D eigenvalue weighted by molar-refractivity contribution is 0.651. The van der Waals surface area contributed by atoms with Crippen LogP contribution in [-0.4, -0.2) is 9.55 Å². The molecule has 3 aromatic rings. The Hall–Kier alpha value is -1.10. The first-order chi connectivity index (χ1) is 8.66. The lowest BCUT2D eigenvalue weighted by Gasteiger charge is -2.13. The van der Waals surface area contributed by atoms with E-state index in [1.807, 2.05) is 18.2 Å². The molecule has 3 rings (SSSR count). The van der Waals surface area contributed by atoms with E-state index in [9.17, 15) is 0 Å². The lowest BCUT2D eigenvalue weighted by Crippen LogP contribution is -2.05. The number of aromatic amines is 1.